The van der Waals surface area contributed by atoms with Gasteiger partial charge in [0.25, 0.3) is 5.91 Å². The fraction of sp³-hybridized carbons (Fsp3) is 0.296. The van der Waals surface area contributed by atoms with E-state index in [1.807, 2.05) is 12.1 Å². The molecular formula is C27H26N2O6. The minimum Gasteiger partial charge on any atom is -0.492 e. The van der Waals surface area contributed by atoms with E-state index in [-0.39, 0.29) is 25.5 Å². The fourth-order valence-corrected chi connectivity index (χ4v) is 4.97. The SMILES string of the molecule is COc1c2c(cc3c1[C@H](Cc1ccc(NC(=O)c4ccc5c(c4)OCO5)cc1)N(C)CC3)OCO2. The van der Waals surface area contributed by atoms with Gasteiger partial charge in [-0.15, -0.1) is 0 Å². The van der Waals surface area contributed by atoms with Gasteiger partial charge in [0.1, 0.15) is 0 Å². The molecule has 0 bridgehead atoms. The molecule has 0 radical (unpaired) electrons. The summed E-state index contributed by atoms with van der Waals surface area (Å²) in [4.78, 5) is 15.1. The number of ether oxygens (including phenoxy) is 5. The number of nitrogens with zero attached hydrogens (tertiary/aromatic N) is 1. The number of hydrogen-bond donors (Lipinski definition) is 1. The highest BCUT2D eigenvalue weighted by Gasteiger charge is 2.34. The smallest absolute Gasteiger partial charge is 0.255 e. The Bertz CT molecular complexity index is 1290. The number of anilines is 1. The molecule has 1 amide bonds. The zero-order chi connectivity index (χ0) is 23.9. The number of hydrogen-bond acceptors (Lipinski definition) is 7. The third kappa shape index (κ3) is 3.89. The third-order valence-corrected chi connectivity index (χ3v) is 6.82. The van der Waals surface area contributed by atoms with Gasteiger partial charge in [-0.25, -0.2) is 0 Å². The molecule has 3 heterocycles. The second-order valence-electron chi connectivity index (χ2n) is 8.89. The maximum Gasteiger partial charge on any atom is 0.255 e. The Morgan fingerprint density at radius 1 is 1.00 bits per heavy atom. The van der Waals surface area contributed by atoms with E-state index >= 15 is 0 Å². The second-order valence-corrected chi connectivity index (χ2v) is 8.89. The first-order valence-corrected chi connectivity index (χ1v) is 11.6. The van der Waals surface area contributed by atoms with Gasteiger partial charge >= 0.3 is 0 Å². The van der Waals surface area contributed by atoms with Crippen molar-refractivity contribution >= 4 is 11.6 Å². The fourth-order valence-electron chi connectivity index (χ4n) is 4.97. The topological polar surface area (TPSA) is 78.5 Å². The summed E-state index contributed by atoms with van der Waals surface area (Å²) in [6.45, 7) is 1.34. The monoisotopic (exact) mass is 474 g/mol. The average molecular weight is 475 g/mol. The van der Waals surface area contributed by atoms with Crippen molar-refractivity contribution in [2.75, 3.05) is 39.6 Å². The average Bonchev–Trinajstić information content (AvgIpc) is 3.54. The third-order valence-electron chi connectivity index (χ3n) is 6.82. The second kappa shape index (κ2) is 8.70. The normalized spacial score (nSPS) is 17.7. The van der Waals surface area contributed by atoms with Crippen LogP contribution < -0.4 is 29.0 Å². The summed E-state index contributed by atoms with van der Waals surface area (Å²) >= 11 is 0. The molecule has 6 rings (SSSR count). The van der Waals surface area contributed by atoms with Gasteiger partial charge in [-0.3, -0.25) is 9.69 Å². The van der Waals surface area contributed by atoms with E-state index in [4.69, 9.17) is 23.7 Å². The lowest BCUT2D eigenvalue weighted by Crippen LogP contribution is -2.33. The van der Waals surface area contributed by atoms with Crippen LogP contribution in [0.25, 0.3) is 0 Å². The van der Waals surface area contributed by atoms with Gasteiger partial charge < -0.3 is 29.0 Å². The number of benzene rings is 3. The van der Waals surface area contributed by atoms with Crippen LogP contribution in [0.5, 0.6) is 28.7 Å². The van der Waals surface area contributed by atoms with E-state index in [1.165, 1.54) is 5.56 Å². The molecule has 0 unspecified atom stereocenters. The van der Waals surface area contributed by atoms with Crippen LogP contribution in [0.3, 0.4) is 0 Å². The maximum atomic E-state index is 12.7. The Balaban J connectivity index is 1.20. The minimum atomic E-state index is -0.196. The number of carbonyl (C=O) groups is 1. The Hall–Kier alpha value is -3.91. The molecule has 3 aliphatic heterocycles. The van der Waals surface area contributed by atoms with Crippen LogP contribution in [0.4, 0.5) is 5.69 Å². The number of methoxy groups -OCH3 is 1. The van der Waals surface area contributed by atoms with Gasteiger partial charge in [-0.1, -0.05) is 12.1 Å². The quantitative estimate of drug-likeness (QED) is 0.595. The summed E-state index contributed by atoms with van der Waals surface area (Å²) in [6.07, 6.45) is 1.73. The molecule has 0 aromatic heterocycles. The van der Waals surface area contributed by atoms with Crippen LogP contribution in [0.15, 0.2) is 48.5 Å². The summed E-state index contributed by atoms with van der Waals surface area (Å²) in [7, 11) is 3.82. The van der Waals surface area contributed by atoms with Crippen LogP contribution >= 0.6 is 0 Å². The lowest BCUT2D eigenvalue weighted by Gasteiger charge is -2.36. The van der Waals surface area contributed by atoms with Crippen LogP contribution in [-0.2, 0) is 12.8 Å². The molecule has 8 nitrogen and oxygen atoms in total. The molecule has 3 aromatic carbocycles. The van der Waals surface area contributed by atoms with Crippen molar-refractivity contribution in [1.29, 1.82) is 0 Å². The molecule has 0 spiro atoms. The van der Waals surface area contributed by atoms with Crippen LogP contribution in [-0.4, -0.2) is 45.1 Å². The number of nitrogens with one attached hydrogen (secondary N) is 1. The van der Waals surface area contributed by atoms with Crippen LogP contribution in [0.1, 0.15) is 33.1 Å². The standard InChI is InChI=1S/C27H26N2O6/c1-29-10-9-17-12-23-25(35-15-34-23)26(31-2)24(17)20(29)11-16-3-6-19(7-4-16)28-27(30)18-5-8-21-22(13-18)33-14-32-21/h3-8,12-13,20H,9-11,14-15H2,1-2H3,(H,28,30)/t20-/m0/s1. The number of likely N-dealkylation sites (N-methyl/N-ethyl adjacent to an activating group) is 1. The van der Waals surface area contributed by atoms with Crippen LogP contribution in [0, 0.1) is 0 Å². The summed E-state index contributed by atoms with van der Waals surface area (Å²) in [5.41, 5.74) is 4.81. The Morgan fingerprint density at radius 2 is 1.77 bits per heavy atom. The van der Waals surface area contributed by atoms with Gasteiger partial charge in [0.15, 0.2) is 23.0 Å². The molecule has 0 fully saturated rings. The van der Waals surface area contributed by atoms with Gasteiger partial charge in [-0.2, -0.15) is 0 Å². The first kappa shape index (κ1) is 21.6. The van der Waals surface area contributed by atoms with Crippen LogP contribution in [0.2, 0.25) is 0 Å². The van der Waals surface area contributed by atoms with Crippen molar-refractivity contribution in [3.63, 3.8) is 0 Å². The van der Waals surface area contributed by atoms with E-state index in [9.17, 15) is 4.79 Å². The molecule has 0 saturated carbocycles. The van der Waals surface area contributed by atoms with Crippen molar-refractivity contribution in [3.8, 4) is 28.7 Å². The lowest BCUT2D eigenvalue weighted by atomic mass is 9.87. The molecule has 3 aliphatic rings. The highest BCUT2D eigenvalue weighted by atomic mass is 16.7. The molecule has 0 saturated heterocycles. The van der Waals surface area contributed by atoms with Gasteiger partial charge in [0.2, 0.25) is 19.3 Å². The summed E-state index contributed by atoms with van der Waals surface area (Å²) < 4.78 is 27.8. The minimum absolute atomic E-state index is 0.136. The molecule has 0 aliphatic carbocycles. The van der Waals surface area contributed by atoms with E-state index in [0.29, 0.717) is 22.8 Å². The molecule has 1 atom stereocenters. The van der Waals surface area contributed by atoms with E-state index in [0.717, 1.165) is 47.7 Å². The van der Waals surface area contributed by atoms with Crippen molar-refractivity contribution in [2.24, 2.45) is 0 Å². The van der Waals surface area contributed by atoms with E-state index < -0.39 is 0 Å². The first-order chi connectivity index (χ1) is 17.1. The molecule has 180 valence electrons. The predicted octanol–water partition coefficient (Wildman–Crippen LogP) is 4.18. The molecule has 35 heavy (non-hydrogen) atoms. The van der Waals surface area contributed by atoms with Gasteiger partial charge in [0, 0.05) is 29.4 Å². The summed E-state index contributed by atoms with van der Waals surface area (Å²) in [5, 5.41) is 2.96. The zero-order valence-corrected chi connectivity index (χ0v) is 19.6. The molecule has 1 N–H and O–H groups in total. The number of fused-ring (bicyclic) bond motifs is 3. The van der Waals surface area contributed by atoms with Gasteiger partial charge in [0.05, 0.1) is 7.11 Å². The lowest BCUT2D eigenvalue weighted by molar-refractivity contribution is 0.102. The Morgan fingerprint density at radius 3 is 2.60 bits per heavy atom. The molecular weight excluding hydrogens is 448 g/mol. The summed E-state index contributed by atoms with van der Waals surface area (Å²) in [6, 6.07) is 15.4. The van der Waals surface area contributed by atoms with Crippen molar-refractivity contribution in [1.82, 2.24) is 4.90 Å². The van der Waals surface area contributed by atoms with E-state index in [1.54, 1.807) is 25.3 Å². The van der Waals surface area contributed by atoms with Gasteiger partial charge in [-0.05, 0) is 67.4 Å². The Kier molecular flexibility index (Phi) is 5.37. The van der Waals surface area contributed by atoms with E-state index in [2.05, 4.69) is 35.5 Å². The van der Waals surface area contributed by atoms with Crippen molar-refractivity contribution < 1.29 is 28.5 Å². The molecule has 3 aromatic rings. The highest BCUT2D eigenvalue weighted by molar-refractivity contribution is 6.04. The molecule has 8 heteroatoms. The Labute approximate surface area is 203 Å². The number of rotatable bonds is 5. The largest absolute Gasteiger partial charge is 0.492 e. The number of amides is 1. The summed E-state index contributed by atoms with van der Waals surface area (Å²) in [5.74, 6) is 3.25. The highest BCUT2D eigenvalue weighted by Crippen LogP contribution is 2.50. The first-order valence-electron chi connectivity index (χ1n) is 11.6. The zero-order valence-electron chi connectivity index (χ0n) is 19.6. The number of carbonyl (C=O) groups excluding carboxylic acids is 1. The van der Waals surface area contributed by atoms with Crippen molar-refractivity contribution in [2.45, 2.75) is 18.9 Å². The van der Waals surface area contributed by atoms with Crippen molar-refractivity contribution in [3.05, 3.63) is 70.8 Å². The predicted molar refractivity (Wildman–Crippen MR) is 129 cm³/mol. The maximum absolute atomic E-state index is 12.7.